The first-order valence-corrected chi connectivity index (χ1v) is 4.06. The van der Waals surface area contributed by atoms with Crippen LogP contribution in [0, 0.1) is 5.92 Å². The number of aliphatic hydroxyl groups excluding tert-OH is 1. The molecule has 0 heterocycles. The molecule has 0 amide bonds. The number of nitrogens with one attached hydrogen (secondary N) is 1. The number of thiol groups is 1. The highest BCUT2D eigenvalue weighted by Gasteiger charge is 2.23. The van der Waals surface area contributed by atoms with Gasteiger partial charge in [0.2, 0.25) is 0 Å². The standard InChI is InChI=1S/C7H15NO2S/c1-4(2)7(10)6(8-11)5(3)9/h4-6,8-9,11H,1-3H3/t5-,6+/m1/s1. The third kappa shape index (κ3) is 3.22. The van der Waals surface area contributed by atoms with Gasteiger partial charge in [-0.15, -0.1) is 0 Å². The summed E-state index contributed by atoms with van der Waals surface area (Å²) < 4.78 is 2.48. The zero-order valence-electron chi connectivity index (χ0n) is 7.03. The molecule has 0 aromatic heterocycles. The SMILES string of the molecule is CC(C)C(=O)[C@@H](NS)[C@@H](C)O. The highest BCUT2D eigenvalue weighted by atomic mass is 32.1. The van der Waals surface area contributed by atoms with Crippen LogP contribution in [0.5, 0.6) is 0 Å². The van der Waals surface area contributed by atoms with Gasteiger partial charge in [0, 0.05) is 5.92 Å². The van der Waals surface area contributed by atoms with Crippen molar-refractivity contribution in [3.05, 3.63) is 0 Å². The largest absolute Gasteiger partial charge is 0.391 e. The Morgan fingerprint density at radius 3 is 2.00 bits per heavy atom. The second kappa shape index (κ2) is 4.74. The summed E-state index contributed by atoms with van der Waals surface area (Å²) in [5.74, 6) is -0.0933. The fourth-order valence-corrected chi connectivity index (χ4v) is 1.11. The minimum Gasteiger partial charge on any atom is -0.391 e. The maximum atomic E-state index is 11.2. The first kappa shape index (κ1) is 10.9. The summed E-state index contributed by atoms with van der Waals surface area (Å²) >= 11 is 3.76. The van der Waals surface area contributed by atoms with Crippen LogP contribution in [0.2, 0.25) is 0 Å². The summed E-state index contributed by atoms with van der Waals surface area (Å²) in [6, 6.07) is -0.557. The third-order valence-electron chi connectivity index (χ3n) is 1.50. The lowest BCUT2D eigenvalue weighted by molar-refractivity contribution is -0.125. The summed E-state index contributed by atoms with van der Waals surface area (Å²) in [6.07, 6.45) is -0.692. The number of carbonyl (C=O) groups excluding carboxylic acids is 1. The maximum absolute atomic E-state index is 11.2. The second-order valence-corrected chi connectivity index (χ2v) is 3.16. The topological polar surface area (TPSA) is 49.3 Å². The quantitative estimate of drug-likeness (QED) is 0.545. The number of rotatable bonds is 4. The van der Waals surface area contributed by atoms with Crippen LogP contribution in [0.4, 0.5) is 0 Å². The first-order chi connectivity index (χ1) is 5.00. The third-order valence-corrected chi connectivity index (χ3v) is 1.78. The molecule has 0 saturated carbocycles. The summed E-state index contributed by atoms with van der Waals surface area (Å²) in [4.78, 5) is 11.2. The van der Waals surface area contributed by atoms with Crippen molar-refractivity contribution >= 4 is 18.6 Å². The van der Waals surface area contributed by atoms with Crippen LogP contribution < -0.4 is 4.72 Å². The van der Waals surface area contributed by atoms with Gasteiger partial charge in [-0.2, -0.15) is 0 Å². The number of ketones is 1. The summed E-state index contributed by atoms with van der Waals surface area (Å²) in [5, 5.41) is 9.10. The molecule has 2 atom stereocenters. The van der Waals surface area contributed by atoms with E-state index in [1.807, 2.05) is 0 Å². The lowest BCUT2D eigenvalue weighted by Gasteiger charge is -2.18. The van der Waals surface area contributed by atoms with Crippen molar-refractivity contribution in [2.45, 2.75) is 32.9 Å². The summed E-state index contributed by atoms with van der Waals surface area (Å²) in [6.45, 7) is 5.15. The molecular weight excluding hydrogens is 162 g/mol. The van der Waals surface area contributed by atoms with Crippen LogP contribution >= 0.6 is 12.8 Å². The molecule has 0 aromatic rings. The molecule has 3 nitrogen and oxygen atoms in total. The van der Waals surface area contributed by atoms with E-state index >= 15 is 0 Å². The number of hydrogen-bond acceptors (Lipinski definition) is 4. The lowest BCUT2D eigenvalue weighted by atomic mass is 9.99. The Labute approximate surface area is 72.7 Å². The van der Waals surface area contributed by atoms with E-state index in [2.05, 4.69) is 17.5 Å². The van der Waals surface area contributed by atoms with E-state index in [1.54, 1.807) is 20.8 Å². The molecule has 11 heavy (non-hydrogen) atoms. The molecule has 4 heteroatoms. The molecule has 0 aliphatic rings. The molecular formula is C7H15NO2S. The minimum atomic E-state index is -0.692. The van der Waals surface area contributed by atoms with E-state index in [4.69, 9.17) is 5.11 Å². The first-order valence-electron chi connectivity index (χ1n) is 3.62. The molecule has 0 fully saturated rings. The second-order valence-electron chi connectivity index (χ2n) is 2.90. The number of aliphatic hydroxyl groups is 1. The van der Waals surface area contributed by atoms with Gasteiger partial charge in [-0.05, 0) is 6.92 Å². The molecule has 66 valence electrons. The fraction of sp³-hybridized carbons (Fsp3) is 0.857. The fourth-order valence-electron chi connectivity index (χ4n) is 0.768. The van der Waals surface area contributed by atoms with Crippen molar-refractivity contribution in [2.75, 3.05) is 0 Å². The predicted octanol–water partition coefficient (Wildman–Crippen LogP) is 0.395. The van der Waals surface area contributed by atoms with Gasteiger partial charge >= 0.3 is 0 Å². The van der Waals surface area contributed by atoms with Gasteiger partial charge in [0.1, 0.15) is 6.04 Å². The van der Waals surface area contributed by atoms with Crippen molar-refractivity contribution in [2.24, 2.45) is 5.92 Å². The number of carbonyl (C=O) groups is 1. The molecule has 0 aliphatic heterocycles. The molecule has 0 radical (unpaired) electrons. The van der Waals surface area contributed by atoms with Crippen LogP contribution in [0.25, 0.3) is 0 Å². The highest BCUT2D eigenvalue weighted by molar-refractivity contribution is 7.78. The average molecular weight is 177 g/mol. The van der Waals surface area contributed by atoms with E-state index in [9.17, 15) is 4.79 Å². The molecule has 2 N–H and O–H groups in total. The van der Waals surface area contributed by atoms with Gasteiger partial charge in [-0.1, -0.05) is 26.7 Å². The Kier molecular flexibility index (Phi) is 4.72. The van der Waals surface area contributed by atoms with E-state index in [-0.39, 0.29) is 11.7 Å². The smallest absolute Gasteiger partial charge is 0.155 e. The van der Waals surface area contributed by atoms with Crippen molar-refractivity contribution in [3.63, 3.8) is 0 Å². The van der Waals surface area contributed by atoms with Gasteiger partial charge < -0.3 is 5.11 Å². The van der Waals surface area contributed by atoms with Gasteiger partial charge in [0.05, 0.1) is 6.10 Å². The van der Waals surface area contributed by atoms with Gasteiger partial charge in [-0.3, -0.25) is 9.52 Å². The normalized spacial score (nSPS) is 16.5. The Hall–Kier alpha value is -0.0600. The Bertz CT molecular complexity index is 136. The molecule has 0 aliphatic carbocycles. The Morgan fingerprint density at radius 2 is 1.91 bits per heavy atom. The van der Waals surface area contributed by atoms with Gasteiger partial charge in [0.25, 0.3) is 0 Å². The van der Waals surface area contributed by atoms with Gasteiger partial charge in [-0.25, -0.2) is 0 Å². The summed E-state index contributed by atoms with van der Waals surface area (Å²) in [7, 11) is 0. The van der Waals surface area contributed by atoms with Crippen LogP contribution in [-0.2, 0) is 4.79 Å². The molecule has 0 unspecified atom stereocenters. The van der Waals surface area contributed by atoms with Crippen molar-refractivity contribution in [1.82, 2.24) is 4.72 Å². The zero-order chi connectivity index (χ0) is 9.02. The molecule has 0 saturated heterocycles. The van der Waals surface area contributed by atoms with Crippen LogP contribution in [0.15, 0.2) is 0 Å². The maximum Gasteiger partial charge on any atom is 0.155 e. The zero-order valence-corrected chi connectivity index (χ0v) is 7.93. The van der Waals surface area contributed by atoms with E-state index < -0.39 is 12.1 Å². The van der Waals surface area contributed by atoms with E-state index in [0.29, 0.717) is 0 Å². The predicted molar refractivity (Wildman–Crippen MR) is 47.4 cm³/mol. The number of hydrogen-bond donors (Lipinski definition) is 3. The Balaban J connectivity index is 4.15. The lowest BCUT2D eigenvalue weighted by Crippen LogP contribution is -2.42. The van der Waals surface area contributed by atoms with Crippen molar-refractivity contribution in [3.8, 4) is 0 Å². The monoisotopic (exact) mass is 177 g/mol. The van der Waals surface area contributed by atoms with E-state index in [0.717, 1.165) is 0 Å². The van der Waals surface area contributed by atoms with Crippen LogP contribution in [0.1, 0.15) is 20.8 Å². The average Bonchev–Trinajstić information content (AvgIpc) is 1.88. The molecule has 0 rings (SSSR count). The Morgan fingerprint density at radius 1 is 1.45 bits per heavy atom. The molecule has 0 aromatic carbocycles. The molecule has 0 bridgehead atoms. The highest BCUT2D eigenvalue weighted by Crippen LogP contribution is 2.04. The minimum absolute atomic E-state index is 0.0185. The number of Topliss-reactive ketones (excluding diaryl/α,β-unsaturated/α-hetero) is 1. The summed E-state index contributed by atoms with van der Waals surface area (Å²) in [5.41, 5.74) is 0. The van der Waals surface area contributed by atoms with E-state index in [1.165, 1.54) is 0 Å². The van der Waals surface area contributed by atoms with Crippen LogP contribution in [-0.4, -0.2) is 23.0 Å². The van der Waals surface area contributed by atoms with Gasteiger partial charge in [0.15, 0.2) is 5.78 Å². The van der Waals surface area contributed by atoms with Crippen molar-refractivity contribution in [1.29, 1.82) is 0 Å². The molecule has 0 spiro atoms. The van der Waals surface area contributed by atoms with Crippen molar-refractivity contribution < 1.29 is 9.90 Å². The van der Waals surface area contributed by atoms with Crippen LogP contribution in [0.3, 0.4) is 0 Å².